The Morgan fingerprint density at radius 2 is 1.76 bits per heavy atom. The summed E-state index contributed by atoms with van der Waals surface area (Å²) in [5.41, 5.74) is 0.796. The third-order valence-corrected chi connectivity index (χ3v) is 5.44. The second-order valence-electron chi connectivity index (χ2n) is 7.65. The highest BCUT2D eigenvalue weighted by Crippen LogP contribution is 2.27. The van der Waals surface area contributed by atoms with Gasteiger partial charge in [-0.05, 0) is 24.7 Å². The lowest BCUT2D eigenvalue weighted by Crippen LogP contribution is -2.50. The Hall–Kier alpha value is -1.85. The SMILES string of the molecule is CC(C)c1cc(C(=O)N2CCN(C(=O)CC3CCCCC3)CC2)on1. The summed E-state index contributed by atoms with van der Waals surface area (Å²) < 4.78 is 5.19. The number of hydrogen-bond donors (Lipinski definition) is 0. The van der Waals surface area contributed by atoms with E-state index in [1.807, 2.05) is 18.7 Å². The molecular formula is C19H29N3O3. The molecule has 6 heteroatoms. The van der Waals surface area contributed by atoms with E-state index in [-0.39, 0.29) is 17.7 Å². The number of nitrogens with zero attached hydrogens (tertiary/aromatic N) is 3. The molecule has 2 fully saturated rings. The molecule has 0 aromatic carbocycles. The quantitative estimate of drug-likeness (QED) is 0.839. The molecule has 1 aliphatic carbocycles. The Labute approximate surface area is 149 Å². The van der Waals surface area contributed by atoms with Gasteiger partial charge >= 0.3 is 0 Å². The largest absolute Gasteiger partial charge is 0.351 e. The van der Waals surface area contributed by atoms with Crippen molar-refractivity contribution >= 4 is 11.8 Å². The van der Waals surface area contributed by atoms with Gasteiger partial charge in [0.05, 0.1) is 5.69 Å². The molecule has 0 N–H and O–H groups in total. The predicted octanol–water partition coefficient (Wildman–Crippen LogP) is 3.05. The number of carbonyl (C=O) groups is 2. The van der Waals surface area contributed by atoms with Crippen LogP contribution >= 0.6 is 0 Å². The van der Waals surface area contributed by atoms with Gasteiger partial charge < -0.3 is 14.3 Å². The molecule has 3 rings (SSSR count). The Bertz CT molecular complexity index is 597. The van der Waals surface area contributed by atoms with Gasteiger partial charge in [0.2, 0.25) is 11.7 Å². The van der Waals surface area contributed by atoms with Crippen molar-refractivity contribution in [3.05, 3.63) is 17.5 Å². The Morgan fingerprint density at radius 1 is 1.12 bits per heavy atom. The lowest BCUT2D eigenvalue weighted by atomic mass is 9.86. The van der Waals surface area contributed by atoms with Crippen molar-refractivity contribution in [3.8, 4) is 0 Å². The summed E-state index contributed by atoms with van der Waals surface area (Å²) in [5, 5.41) is 3.95. The number of hydrogen-bond acceptors (Lipinski definition) is 4. The van der Waals surface area contributed by atoms with Crippen LogP contribution in [0.4, 0.5) is 0 Å². The molecule has 0 bridgehead atoms. The summed E-state index contributed by atoms with van der Waals surface area (Å²) in [5.74, 6) is 1.22. The topological polar surface area (TPSA) is 66.7 Å². The van der Waals surface area contributed by atoms with Crippen molar-refractivity contribution in [1.82, 2.24) is 15.0 Å². The number of aromatic nitrogens is 1. The maximum atomic E-state index is 12.5. The molecule has 1 saturated carbocycles. The first-order valence-corrected chi connectivity index (χ1v) is 9.58. The highest BCUT2D eigenvalue weighted by Gasteiger charge is 2.28. The molecule has 0 unspecified atom stereocenters. The molecule has 1 saturated heterocycles. The second kappa shape index (κ2) is 8.02. The Kier molecular flexibility index (Phi) is 5.76. The molecule has 138 valence electrons. The first-order valence-electron chi connectivity index (χ1n) is 9.58. The lowest BCUT2D eigenvalue weighted by Gasteiger charge is -2.35. The molecule has 1 aliphatic heterocycles. The summed E-state index contributed by atoms with van der Waals surface area (Å²) >= 11 is 0. The van der Waals surface area contributed by atoms with Crippen molar-refractivity contribution in [2.75, 3.05) is 26.2 Å². The average molecular weight is 347 g/mol. The summed E-state index contributed by atoms with van der Waals surface area (Å²) in [7, 11) is 0. The first-order chi connectivity index (χ1) is 12.0. The third kappa shape index (κ3) is 4.41. The lowest BCUT2D eigenvalue weighted by molar-refractivity contribution is -0.133. The fourth-order valence-electron chi connectivity index (χ4n) is 3.74. The second-order valence-corrected chi connectivity index (χ2v) is 7.65. The first kappa shape index (κ1) is 18.0. The smallest absolute Gasteiger partial charge is 0.292 e. The summed E-state index contributed by atoms with van der Waals surface area (Å²) in [6.45, 7) is 6.39. The van der Waals surface area contributed by atoms with Gasteiger partial charge in [0.15, 0.2) is 0 Å². The molecule has 1 aromatic rings. The van der Waals surface area contributed by atoms with Crippen molar-refractivity contribution in [2.45, 2.75) is 58.3 Å². The zero-order valence-electron chi connectivity index (χ0n) is 15.4. The van der Waals surface area contributed by atoms with Gasteiger partial charge in [-0.15, -0.1) is 0 Å². The maximum Gasteiger partial charge on any atom is 0.292 e. The molecule has 1 aromatic heterocycles. The van der Waals surface area contributed by atoms with Gasteiger partial charge in [-0.3, -0.25) is 9.59 Å². The van der Waals surface area contributed by atoms with E-state index in [4.69, 9.17) is 4.52 Å². The highest BCUT2D eigenvalue weighted by molar-refractivity contribution is 5.91. The number of piperazine rings is 1. The van der Waals surface area contributed by atoms with Crippen LogP contribution in [0.25, 0.3) is 0 Å². The molecule has 0 spiro atoms. The average Bonchev–Trinajstić information content (AvgIpc) is 3.12. The summed E-state index contributed by atoms with van der Waals surface area (Å²) in [6, 6.07) is 1.73. The van der Waals surface area contributed by atoms with E-state index in [1.54, 1.807) is 11.0 Å². The minimum Gasteiger partial charge on any atom is -0.351 e. The van der Waals surface area contributed by atoms with Crippen molar-refractivity contribution in [1.29, 1.82) is 0 Å². The predicted molar refractivity (Wildman–Crippen MR) is 94.3 cm³/mol. The van der Waals surface area contributed by atoms with Crippen molar-refractivity contribution < 1.29 is 14.1 Å². The fourth-order valence-corrected chi connectivity index (χ4v) is 3.74. The van der Waals surface area contributed by atoms with Crippen LogP contribution in [0.2, 0.25) is 0 Å². The van der Waals surface area contributed by atoms with E-state index in [0.717, 1.165) is 5.69 Å². The number of carbonyl (C=O) groups excluding carboxylic acids is 2. The van der Waals surface area contributed by atoms with E-state index in [1.165, 1.54) is 32.1 Å². The van der Waals surface area contributed by atoms with Crippen LogP contribution < -0.4 is 0 Å². The minimum atomic E-state index is -0.126. The highest BCUT2D eigenvalue weighted by atomic mass is 16.5. The van der Waals surface area contributed by atoms with E-state index < -0.39 is 0 Å². The number of amides is 2. The molecule has 2 amide bonds. The van der Waals surface area contributed by atoms with Crippen LogP contribution in [0.3, 0.4) is 0 Å². The minimum absolute atomic E-state index is 0.126. The van der Waals surface area contributed by atoms with Crippen LogP contribution in [0.5, 0.6) is 0 Å². The van der Waals surface area contributed by atoms with Crippen LogP contribution in [-0.4, -0.2) is 52.9 Å². The standard InChI is InChI=1S/C19H29N3O3/c1-14(2)16-13-17(25-20-16)19(24)22-10-8-21(9-11-22)18(23)12-15-6-4-3-5-7-15/h13-15H,3-12H2,1-2H3. The van der Waals surface area contributed by atoms with E-state index in [9.17, 15) is 9.59 Å². The molecule has 2 heterocycles. The van der Waals surface area contributed by atoms with Gasteiger partial charge in [-0.2, -0.15) is 0 Å². The third-order valence-electron chi connectivity index (χ3n) is 5.44. The van der Waals surface area contributed by atoms with E-state index in [2.05, 4.69) is 5.16 Å². The van der Waals surface area contributed by atoms with Gasteiger partial charge in [-0.25, -0.2) is 0 Å². The molecule has 25 heavy (non-hydrogen) atoms. The molecule has 0 radical (unpaired) electrons. The normalized spacial score (nSPS) is 19.5. The van der Waals surface area contributed by atoms with Crippen LogP contribution in [0.15, 0.2) is 10.6 Å². The van der Waals surface area contributed by atoms with Gasteiger partial charge in [0, 0.05) is 38.7 Å². The number of rotatable bonds is 4. The molecule has 2 aliphatic rings. The van der Waals surface area contributed by atoms with Crippen LogP contribution in [-0.2, 0) is 4.79 Å². The maximum absolute atomic E-state index is 12.5. The van der Waals surface area contributed by atoms with Gasteiger partial charge in [-0.1, -0.05) is 38.3 Å². The van der Waals surface area contributed by atoms with Crippen LogP contribution in [0, 0.1) is 5.92 Å². The van der Waals surface area contributed by atoms with Crippen molar-refractivity contribution in [2.24, 2.45) is 5.92 Å². The van der Waals surface area contributed by atoms with Gasteiger partial charge in [0.1, 0.15) is 0 Å². The van der Waals surface area contributed by atoms with Crippen LogP contribution in [0.1, 0.15) is 74.5 Å². The zero-order chi connectivity index (χ0) is 17.8. The molecule has 0 atom stereocenters. The fraction of sp³-hybridized carbons (Fsp3) is 0.737. The Morgan fingerprint density at radius 3 is 2.36 bits per heavy atom. The van der Waals surface area contributed by atoms with Gasteiger partial charge in [0.25, 0.3) is 5.91 Å². The zero-order valence-corrected chi connectivity index (χ0v) is 15.4. The molecule has 6 nitrogen and oxygen atoms in total. The summed E-state index contributed by atoms with van der Waals surface area (Å²) in [4.78, 5) is 28.7. The van der Waals surface area contributed by atoms with E-state index in [0.29, 0.717) is 44.3 Å². The Balaban J connectivity index is 1.48. The monoisotopic (exact) mass is 347 g/mol. The summed E-state index contributed by atoms with van der Waals surface area (Å²) in [6.07, 6.45) is 6.88. The van der Waals surface area contributed by atoms with E-state index >= 15 is 0 Å². The molecular weight excluding hydrogens is 318 g/mol. The van der Waals surface area contributed by atoms with Crippen molar-refractivity contribution in [3.63, 3.8) is 0 Å².